The fraction of sp³-hybridized carbons (Fsp3) is 0.818. The van der Waals surface area contributed by atoms with E-state index in [1.165, 1.54) is 0 Å². The normalized spacial score (nSPS) is 12.0. The highest BCUT2D eigenvalue weighted by Gasteiger charge is 2.11. The first-order valence-electron chi connectivity index (χ1n) is 5.34. The lowest BCUT2D eigenvalue weighted by molar-refractivity contribution is -0.117. The summed E-state index contributed by atoms with van der Waals surface area (Å²) < 4.78 is 4.84. The second kappa shape index (κ2) is 7.26. The molecule has 0 saturated carbocycles. The molecule has 1 amide bonds. The molecule has 0 aliphatic heterocycles. The largest absolute Gasteiger partial charge is 0.450 e. The average Bonchev–Trinajstić information content (AvgIpc) is 2.13. The number of hydrogen-bond acceptors (Lipinski definition) is 3. The van der Waals surface area contributed by atoms with E-state index in [0.29, 0.717) is 25.5 Å². The molecule has 1 atom stereocenters. The summed E-state index contributed by atoms with van der Waals surface area (Å²) in [4.78, 5) is 23.6. The zero-order chi connectivity index (χ0) is 11.8. The number of ketones is 1. The molecule has 1 unspecified atom stereocenters. The van der Waals surface area contributed by atoms with Crippen LogP contribution in [0.25, 0.3) is 0 Å². The maximum Gasteiger partial charge on any atom is 0.409 e. The SMILES string of the molecule is CCOC(=O)N(C)CCC(C)CC(C)=O. The lowest BCUT2D eigenvalue weighted by atomic mass is 10.0. The number of rotatable bonds is 6. The second-order valence-electron chi connectivity index (χ2n) is 3.92. The number of carbonyl (C=O) groups excluding carboxylic acids is 2. The van der Waals surface area contributed by atoms with Crippen LogP contribution in [0.3, 0.4) is 0 Å². The molecule has 4 heteroatoms. The van der Waals surface area contributed by atoms with E-state index >= 15 is 0 Å². The Balaban J connectivity index is 3.74. The Morgan fingerprint density at radius 2 is 2.00 bits per heavy atom. The smallest absolute Gasteiger partial charge is 0.409 e. The van der Waals surface area contributed by atoms with Gasteiger partial charge >= 0.3 is 6.09 Å². The number of nitrogens with zero attached hydrogens (tertiary/aromatic N) is 1. The molecule has 0 heterocycles. The van der Waals surface area contributed by atoms with Crippen LogP contribution in [-0.4, -0.2) is 37.0 Å². The lowest BCUT2D eigenvalue weighted by Crippen LogP contribution is -2.29. The monoisotopic (exact) mass is 215 g/mol. The van der Waals surface area contributed by atoms with Gasteiger partial charge < -0.3 is 14.4 Å². The third-order valence-corrected chi connectivity index (χ3v) is 2.17. The quantitative estimate of drug-likeness (QED) is 0.681. The highest BCUT2D eigenvalue weighted by molar-refractivity contribution is 5.75. The standard InChI is InChI=1S/C11H21NO3/c1-5-15-11(14)12(4)7-6-9(2)8-10(3)13/h9H,5-8H2,1-4H3. The number of ether oxygens (including phenoxy) is 1. The molecule has 4 nitrogen and oxygen atoms in total. The third-order valence-electron chi connectivity index (χ3n) is 2.17. The molecule has 0 saturated heterocycles. The van der Waals surface area contributed by atoms with E-state index in [9.17, 15) is 9.59 Å². The Bertz CT molecular complexity index is 216. The molecule has 0 aromatic carbocycles. The van der Waals surface area contributed by atoms with Crippen molar-refractivity contribution in [3.8, 4) is 0 Å². The van der Waals surface area contributed by atoms with Gasteiger partial charge in [0.1, 0.15) is 5.78 Å². The van der Waals surface area contributed by atoms with E-state index in [-0.39, 0.29) is 11.9 Å². The van der Waals surface area contributed by atoms with Crippen molar-refractivity contribution in [2.75, 3.05) is 20.2 Å². The fourth-order valence-electron chi connectivity index (χ4n) is 1.33. The van der Waals surface area contributed by atoms with Gasteiger partial charge in [-0.2, -0.15) is 0 Å². The topological polar surface area (TPSA) is 46.6 Å². The second-order valence-corrected chi connectivity index (χ2v) is 3.92. The summed E-state index contributed by atoms with van der Waals surface area (Å²) in [6, 6.07) is 0. The van der Waals surface area contributed by atoms with Gasteiger partial charge in [0.2, 0.25) is 0 Å². The summed E-state index contributed by atoms with van der Waals surface area (Å²) in [6.07, 6.45) is 1.11. The Morgan fingerprint density at radius 3 is 2.47 bits per heavy atom. The number of hydrogen-bond donors (Lipinski definition) is 0. The summed E-state index contributed by atoms with van der Waals surface area (Å²) in [6.45, 7) is 6.41. The predicted octanol–water partition coefficient (Wildman–Crippen LogP) is 2.08. The van der Waals surface area contributed by atoms with E-state index in [2.05, 4.69) is 0 Å². The van der Waals surface area contributed by atoms with Crippen molar-refractivity contribution in [1.29, 1.82) is 0 Å². The maximum atomic E-state index is 11.2. The van der Waals surface area contributed by atoms with Crippen LogP contribution in [0.5, 0.6) is 0 Å². The van der Waals surface area contributed by atoms with Gasteiger partial charge in [0.15, 0.2) is 0 Å². The van der Waals surface area contributed by atoms with Gasteiger partial charge in [-0.3, -0.25) is 0 Å². The van der Waals surface area contributed by atoms with Gasteiger partial charge in [-0.25, -0.2) is 4.79 Å². The molecular weight excluding hydrogens is 194 g/mol. The molecule has 0 N–H and O–H groups in total. The fourth-order valence-corrected chi connectivity index (χ4v) is 1.33. The minimum absolute atomic E-state index is 0.196. The highest BCUT2D eigenvalue weighted by atomic mass is 16.5. The Labute approximate surface area is 91.6 Å². The minimum atomic E-state index is -0.299. The van der Waals surface area contributed by atoms with E-state index in [1.807, 2.05) is 6.92 Å². The van der Waals surface area contributed by atoms with Gasteiger partial charge in [-0.15, -0.1) is 0 Å². The molecule has 0 aliphatic rings. The Morgan fingerprint density at radius 1 is 1.40 bits per heavy atom. The van der Waals surface area contributed by atoms with Crippen LogP contribution in [0.1, 0.15) is 33.6 Å². The van der Waals surface area contributed by atoms with Gasteiger partial charge in [0, 0.05) is 20.0 Å². The van der Waals surface area contributed by atoms with Crippen molar-refractivity contribution in [3.63, 3.8) is 0 Å². The van der Waals surface area contributed by atoms with E-state index in [1.54, 1.807) is 25.8 Å². The summed E-state index contributed by atoms with van der Waals surface area (Å²) in [5.74, 6) is 0.515. The van der Waals surface area contributed by atoms with Crippen molar-refractivity contribution in [1.82, 2.24) is 4.90 Å². The first-order valence-corrected chi connectivity index (χ1v) is 5.34. The molecule has 0 radical (unpaired) electrons. The minimum Gasteiger partial charge on any atom is -0.450 e. The molecule has 0 fully saturated rings. The van der Waals surface area contributed by atoms with Crippen LogP contribution in [0.2, 0.25) is 0 Å². The van der Waals surface area contributed by atoms with Crippen molar-refractivity contribution >= 4 is 11.9 Å². The van der Waals surface area contributed by atoms with Gasteiger partial charge in [0.05, 0.1) is 6.61 Å². The van der Waals surface area contributed by atoms with Crippen molar-refractivity contribution in [2.24, 2.45) is 5.92 Å². The van der Waals surface area contributed by atoms with E-state index in [0.717, 1.165) is 6.42 Å². The van der Waals surface area contributed by atoms with Crippen LogP contribution in [0, 0.1) is 5.92 Å². The highest BCUT2D eigenvalue weighted by Crippen LogP contribution is 2.08. The molecule has 0 spiro atoms. The molecule has 0 rings (SSSR count). The molecule has 0 aromatic rings. The third kappa shape index (κ3) is 6.94. The first-order chi connectivity index (χ1) is 6.97. The van der Waals surface area contributed by atoms with Gasteiger partial charge in [-0.1, -0.05) is 6.92 Å². The Kier molecular flexibility index (Phi) is 6.75. The number of carbonyl (C=O) groups is 2. The van der Waals surface area contributed by atoms with Crippen LogP contribution in [0.4, 0.5) is 4.79 Å². The summed E-state index contributed by atoms with van der Waals surface area (Å²) in [7, 11) is 1.71. The van der Waals surface area contributed by atoms with Crippen LogP contribution in [0.15, 0.2) is 0 Å². The van der Waals surface area contributed by atoms with Gasteiger partial charge in [-0.05, 0) is 26.2 Å². The molecule has 15 heavy (non-hydrogen) atoms. The molecule has 88 valence electrons. The summed E-state index contributed by atoms with van der Waals surface area (Å²) >= 11 is 0. The summed E-state index contributed by atoms with van der Waals surface area (Å²) in [5, 5.41) is 0. The Hall–Kier alpha value is -1.06. The molecule has 0 aromatic heterocycles. The lowest BCUT2D eigenvalue weighted by Gasteiger charge is -2.18. The zero-order valence-electron chi connectivity index (χ0n) is 10.1. The molecule has 0 bridgehead atoms. The molecule has 0 aliphatic carbocycles. The maximum absolute atomic E-state index is 11.2. The van der Waals surface area contributed by atoms with Crippen LogP contribution < -0.4 is 0 Å². The van der Waals surface area contributed by atoms with Crippen molar-refractivity contribution in [2.45, 2.75) is 33.6 Å². The summed E-state index contributed by atoms with van der Waals surface area (Å²) in [5.41, 5.74) is 0. The van der Waals surface area contributed by atoms with Crippen molar-refractivity contribution < 1.29 is 14.3 Å². The first kappa shape index (κ1) is 13.9. The van der Waals surface area contributed by atoms with E-state index in [4.69, 9.17) is 4.74 Å². The number of amides is 1. The van der Waals surface area contributed by atoms with Crippen LogP contribution in [-0.2, 0) is 9.53 Å². The zero-order valence-corrected chi connectivity index (χ0v) is 10.1. The van der Waals surface area contributed by atoms with Crippen LogP contribution >= 0.6 is 0 Å². The predicted molar refractivity (Wildman–Crippen MR) is 58.7 cm³/mol. The van der Waals surface area contributed by atoms with E-state index < -0.39 is 0 Å². The molecular formula is C11H21NO3. The van der Waals surface area contributed by atoms with Gasteiger partial charge in [0.25, 0.3) is 0 Å². The number of Topliss-reactive ketones (excluding diaryl/α,β-unsaturated/α-hetero) is 1. The average molecular weight is 215 g/mol. The van der Waals surface area contributed by atoms with Crippen molar-refractivity contribution in [3.05, 3.63) is 0 Å².